The predicted octanol–water partition coefficient (Wildman–Crippen LogP) is 0.216. The molecule has 1 aromatic heterocycles. The standard InChI is InChI=1S/C8H8N2O3S/c1-13-8(12)7-10-4-2-9-3-5(11)6(4)14-7/h9H,2-3H2,1H3. The van der Waals surface area contributed by atoms with Gasteiger partial charge < -0.3 is 10.1 Å². The van der Waals surface area contributed by atoms with Gasteiger partial charge in [0, 0.05) is 6.54 Å². The van der Waals surface area contributed by atoms with Crippen molar-refractivity contribution in [1.29, 1.82) is 0 Å². The van der Waals surface area contributed by atoms with E-state index in [9.17, 15) is 9.59 Å². The van der Waals surface area contributed by atoms with Crippen LogP contribution in [0.15, 0.2) is 0 Å². The Kier molecular flexibility index (Phi) is 2.30. The van der Waals surface area contributed by atoms with Crippen molar-refractivity contribution >= 4 is 23.1 Å². The van der Waals surface area contributed by atoms with E-state index in [1.165, 1.54) is 7.11 Å². The van der Waals surface area contributed by atoms with Gasteiger partial charge in [0.1, 0.15) is 0 Å². The summed E-state index contributed by atoms with van der Waals surface area (Å²) in [6.07, 6.45) is 0. The van der Waals surface area contributed by atoms with Gasteiger partial charge >= 0.3 is 5.97 Å². The second kappa shape index (κ2) is 3.47. The molecule has 0 saturated heterocycles. The minimum atomic E-state index is -0.489. The number of methoxy groups -OCH3 is 1. The zero-order chi connectivity index (χ0) is 10.1. The van der Waals surface area contributed by atoms with Crippen molar-refractivity contribution in [3.05, 3.63) is 15.6 Å². The van der Waals surface area contributed by atoms with Gasteiger partial charge in [0.15, 0.2) is 5.78 Å². The van der Waals surface area contributed by atoms with E-state index in [1.54, 1.807) is 0 Å². The quantitative estimate of drug-likeness (QED) is 0.674. The molecule has 5 nitrogen and oxygen atoms in total. The number of hydrogen-bond donors (Lipinski definition) is 1. The summed E-state index contributed by atoms with van der Waals surface area (Å²) in [5, 5.41) is 3.15. The van der Waals surface area contributed by atoms with Gasteiger partial charge in [-0.25, -0.2) is 9.78 Å². The van der Waals surface area contributed by atoms with Crippen molar-refractivity contribution in [2.45, 2.75) is 6.54 Å². The van der Waals surface area contributed by atoms with Crippen LogP contribution in [0.5, 0.6) is 0 Å². The lowest BCUT2D eigenvalue weighted by Crippen LogP contribution is -2.28. The Labute approximate surface area is 84.1 Å². The highest BCUT2D eigenvalue weighted by molar-refractivity contribution is 7.15. The molecule has 1 aliphatic rings. The Balaban J connectivity index is 2.40. The molecule has 0 spiro atoms. The lowest BCUT2D eigenvalue weighted by molar-refractivity contribution is 0.0600. The fourth-order valence-corrected chi connectivity index (χ4v) is 2.18. The molecular weight excluding hydrogens is 204 g/mol. The molecule has 0 unspecified atom stereocenters. The van der Waals surface area contributed by atoms with Crippen LogP contribution in [0, 0.1) is 0 Å². The topological polar surface area (TPSA) is 68.3 Å². The summed E-state index contributed by atoms with van der Waals surface area (Å²) < 4.78 is 4.53. The average molecular weight is 212 g/mol. The van der Waals surface area contributed by atoms with E-state index in [0.717, 1.165) is 11.3 Å². The van der Waals surface area contributed by atoms with Gasteiger partial charge in [0.2, 0.25) is 5.01 Å². The Morgan fingerprint density at radius 1 is 1.57 bits per heavy atom. The van der Waals surface area contributed by atoms with Crippen molar-refractivity contribution < 1.29 is 14.3 Å². The van der Waals surface area contributed by atoms with Crippen LogP contribution in [0.4, 0.5) is 0 Å². The van der Waals surface area contributed by atoms with Crippen LogP contribution in [-0.4, -0.2) is 30.4 Å². The summed E-state index contributed by atoms with van der Waals surface area (Å²) in [7, 11) is 1.29. The van der Waals surface area contributed by atoms with Gasteiger partial charge in [-0.15, -0.1) is 11.3 Å². The summed E-state index contributed by atoms with van der Waals surface area (Å²) in [5.74, 6) is -0.504. The van der Waals surface area contributed by atoms with Crippen LogP contribution in [0.25, 0.3) is 0 Å². The zero-order valence-corrected chi connectivity index (χ0v) is 8.31. The average Bonchev–Trinajstić information content (AvgIpc) is 2.62. The summed E-state index contributed by atoms with van der Waals surface area (Å²) in [6, 6.07) is 0. The fourth-order valence-electron chi connectivity index (χ4n) is 1.24. The van der Waals surface area contributed by atoms with Crippen molar-refractivity contribution in [1.82, 2.24) is 10.3 Å². The molecular formula is C8H8N2O3S. The van der Waals surface area contributed by atoms with Crippen molar-refractivity contribution in [2.24, 2.45) is 0 Å². The highest BCUT2D eigenvalue weighted by atomic mass is 32.1. The highest BCUT2D eigenvalue weighted by Gasteiger charge is 2.24. The second-order valence-electron chi connectivity index (χ2n) is 2.81. The molecule has 2 rings (SSSR count). The van der Waals surface area contributed by atoms with Gasteiger partial charge in [0.05, 0.1) is 24.2 Å². The monoisotopic (exact) mass is 212 g/mol. The Morgan fingerprint density at radius 3 is 3.00 bits per heavy atom. The van der Waals surface area contributed by atoms with Crippen molar-refractivity contribution in [3.63, 3.8) is 0 Å². The number of ketones is 1. The lowest BCUT2D eigenvalue weighted by Gasteiger charge is -2.08. The zero-order valence-electron chi connectivity index (χ0n) is 7.49. The number of thiazole rings is 1. The van der Waals surface area contributed by atoms with Gasteiger partial charge in [-0.2, -0.15) is 0 Å². The first-order valence-electron chi connectivity index (χ1n) is 4.04. The number of aromatic nitrogens is 1. The Bertz CT molecular complexity index is 399. The van der Waals surface area contributed by atoms with Crippen LogP contribution in [0.1, 0.15) is 25.2 Å². The van der Waals surface area contributed by atoms with Crippen molar-refractivity contribution in [2.75, 3.05) is 13.7 Å². The molecule has 1 aromatic rings. The smallest absolute Gasteiger partial charge is 0.367 e. The summed E-state index contributed by atoms with van der Waals surface area (Å²) in [5.41, 5.74) is 0.645. The van der Waals surface area contributed by atoms with E-state index in [1.807, 2.05) is 0 Å². The molecule has 0 amide bonds. The largest absolute Gasteiger partial charge is 0.464 e. The van der Waals surface area contributed by atoms with Gasteiger partial charge in [-0.3, -0.25) is 4.79 Å². The molecule has 74 valence electrons. The van der Waals surface area contributed by atoms with Crippen molar-refractivity contribution in [3.8, 4) is 0 Å². The minimum absolute atomic E-state index is 0.0149. The molecule has 0 radical (unpaired) electrons. The molecule has 0 aromatic carbocycles. The van der Waals surface area contributed by atoms with Gasteiger partial charge in [-0.1, -0.05) is 0 Å². The van der Waals surface area contributed by atoms with Crippen LogP contribution in [0.3, 0.4) is 0 Å². The number of Topliss-reactive ketones (excluding diaryl/α,β-unsaturated/α-hetero) is 1. The molecule has 0 aliphatic carbocycles. The third-order valence-electron chi connectivity index (χ3n) is 1.89. The fraction of sp³-hybridized carbons (Fsp3) is 0.375. The van der Waals surface area contributed by atoms with Crippen LogP contribution >= 0.6 is 11.3 Å². The maximum absolute atomic E-state index is 11.4. The third kappa shape index (κ3) is 1.42. The first-order chi connectivity index (χ1) is 6.72. The van der Waals surface area contributed by atoms with E-state index in [4.69, 9.17) is 0 Å². The summed E-state index contributed by atoms with van der Waals surface area (Å²) >= 11 is 1.10. The number of nitrogens with zero attached hydrogens (tertiary/aromatic N) is 1. The van der Waals surface area contributed by atoms with E-state index in [-0.39, 0.29) is 10.8 Å². The van der Waals surface area contributed by atoms with E-state index >= 15 is 0 Å². The van der Waals surface area contributed by atoms with E-state index < -0.39 is 5.97 Å². The first-order valence-corrected chi connectivity index (χ1v) is 4.86. The normalized spacial score (nSPS) is 15.1. The first kappa shape index (κ1) is 9.29. The number of hydrogen-bond acceptors (Lipinski definition) is 6. The highest BCUT2D eigenvalue weighted by Crippen LogP contribution is 2.21. The van der Waals surface area contributed by atoms with Crippen LogP contribution in [-0.2, 0) is 11.3 Å². The number of ether oxygens (including phenoxy) is 1. The number of esters is 1. The molecule has 0 bridgehead atoms. The SMILES string of the molecule is COC(=O)c1nc2c(s1)C(=O)CNC2. The van der Waals surface area contributed by atoms with Gasteiger partial charge in [0.25, 0.3) is 0 Å². The van der Waals surface area contributed by atoms with Gasteiger partial charge in [-0.05, 0) is 0 Å². The summed E-state index contributed by atoms with van der Waals surface area (Å²) in [4.78, 5) is 27.1. The Morgan fingerprint density at radius 2 is 2.36 bits per heavy atom. The maximum atomic E-state index is 11.4. The number of fused-ring (bicyclic) bond motifs is 1. The number of carbonyl (C=O) groups excluding carboxylic acids is 2. The number of carbonyl (C=O) groups is 2. The molecule has 0 fully saturated rings. The second-order valence-corrected chi connectivity index (χ2v) is 3.81. The molecule has 6 heteroatoms. The maximum Gasteiger partial charge on any atom is 0.367 e. The van der Waals surface area contributed by atoms with E-state index in [0.29, 0.717) is 23.7 Å². The lowest BCUT2D eigenvalue weighted by atomic mass is 10.2. The predicted molar refractivity (Wildman–Crippen MR) is 49.5 cm³/mol. The molecule has 1 aliphatic heterocycles. The molecule has 14 heavy (non-hydrogen) atoms. The summed E-state index contributed by atoms with van der Waals surface area (Å²) in [6.45, 7) is 0.852. The number of nitrogens with one attached hydrogen (secondary N) is 1. The minimum Gasteiger partial charge on any atom is -0.464 e. The van der Waals surface area contributed by atoms with E-state index in [2.05, 4.69) is 15.0 Å². The van der Waals surface area contributed by atoms with Crippen LogP contribution < -0.4 is 5.32 Å². The molecule has 0 saturated carbocycles. The third-order valence-corrected chi connectivity index (χ3v) is 3.01. The van der Waals surface area contributed by atoms with Crippen LogP contribution in [0.2, 0.25) is 0 Å². The molecule has 2 heterocycles. The Hall–Kier alpha value is -1.27. The number of rotatable bonds is 1. The molecule has 1 N–H and O–H groups in total. The molecule has 0 atom stereocenters.